The molecular formula is C15H22O2. The van der Waals surface area contributed by atoms with Gasteiger partial charge in [0.15, 0.2) is 0 Å². The summed E-state index contributed by atoms with van der Waals surface area (Å²) in [4.78, 5) is 11.3. The van der Waals surface area contributed by atoms with Gasteiger partial charge in [-0.2, -0.15) is 0 Å². The summed E-state index contributed by atoms with van der Waals surface area (Å²) < 4.78 is 4.90. The van der Waals surface area contributed by atoms with E-state index in [0.29, 0.717) is 6.61 Å². The zero-order valence-corrected chi connectivity index (χ0v) is 11.1. The SMILES string of the molecule is C/C=C1/CCCC/C1=C\C(C)=C\C(=O)OCC. The lowest BCUT2D eigenvalue weighted by Gasteiger charge is -2.18. The molecule has 1 saturated carbocycles. The molecule has 1 aliphatic carbocycles. The summed E-state index contributed by atoms with van der Waals surface area (Å²) in [6.45, 7) is 6.28. The van der Waals surface area contributed by atoms with Gasteiger partial charge in [-0.1, -0.05) is 12.2 Å². The van der Waals surface area contributed by atoms with E-state index in [9.17, 15) is 4.79 Å². The van der Waals surface area contributed by atoms with E-state index >= 15 is 0 Å². The zero-order valence-electron chi connectivity index (χ0n) is 11.1. The van der Waals surface area contributed by atoms with Crippen molar-refractivity contribution in [3.05, 3.63) is 34.9 Å². The maximum Gasteiger partial charge on any atom is 0.330 e. The van der Waals surface area contributed by atoms with Crippen LogP contribution in [-0.4, -0.2) is 12.6 Å². The molecule has 0 amide bonds. The van der Waals surface area contributed by atoms with Crippen molar-refractivity contribution in [3.63, 3.8) is 0 Å². The van der Waals surface area contributed by atoms with Gasteiger partial charge in [0.1, 0.15) is 0 Å². The van der Waals surface area contributed by atoms with Gasteiger partial charge in [0.25, 0.3) is 0 Å². The normalized spacial score (nSPS) is 21.9. The molecule has 2 heteroatoms. The minimum atomic E-state index is -0.250. The fourth-order valence-electron chi connectivity index (χ4n) is 2.13. The van der Waals surface area contributed by atoms with Crippen LogP contribution in [-0.2, 0) is 9.53 Å². The third-order valence-corrected chi connectivity index (χ3v) is 2.94. The van der Waals surface area contributed by atoms with Crippen LogP contribution >= 0.6 is 0 Å². The molecule has 0 aromatic heterocycles. The third kappa shape index (κ3) is 4.59. The highest BCUT2D eigenvalue weighted by Gasteiger charge is 2.10. The molecule has 0 N–H and O–H groups in total. The van der Waals surface area contributed by atoms with Gasteiger partial charge in [-0.05, 0) is 63.2 Å². The number of ether oxygens (including phenoxy) is 1. The van der Waals surface area contributed by atoms with E-state index in [0.717, 1.165) is 18.4 Å². The van der Waals surface area contributed by atoms with Crippen molar-refractivity contribution in [1.29, 1.82) is 0 Å². The highest BCUT2D eigenvalue weighted by atomic mass is 16.5. The second kappa shape index (κ2) is 7.10. The summed E-state index contributed by atoms with van der Waals surface area (Å²) in [6.07, 6.45) is 10.7. The first-order chi connectivity index (χ1) is 8.17. The quantitative estimate of drug-likeness (QED) is 0.546. The molecule has 0 heterocycles. The van der Waals surface area contributed by atoms with Gasteiger partial charge in [-0.15, -0.1) is 0 Å². The highest BCUT2D eigenvalue weighted by Crippen LogP contribution is 2.29. The first-order valence-electron chi connectivity index (χ1n) is 6.38. The number of esters is 1. The number of rotatable bonds is 3. The van der Waals surface area contributed by atoms with Gasteiger partial charge in [0.2, 0.25) is 0 Å². The van der Waals surface area contributed by atoms with E-state index in [2.05, 4.69) is 19.1 Å². The Morgan fingerprint density at radius 2 is 1.94 bits per heavy atom. The predicted molar refractivity (Wildman–Crippen MR) is 70.7 cm³/mol. The predicted octanol–water partition coefficient (Wildman–Crippen LogP) is 3.94. The number of hydrogen-bond donors (Lipinski definition) is 0. The van der Waals surface area contributed by atoms with E-state index in [-0.39, 0.29) is 5.97 Å². The number of allylic oxidation sites excluding steroid dienone is 5. The summed E-state index contributed by atoms with van der Waals surface area (Å²) in [7, 11) is 0. The van der Waals surface area contributed by atoms with Gasteiger partial charge >= 0.3 is 5.97 Å². The van der Waals surface area contributed by atoms with Crippen molar-refractivity contribution in [1.82, 2.24) is 0 Å². The molecule has 1 fully saturated rings. The Hall–Kier alpha value is -1.31. The van der Waals surface area contributed by atoms with Crippen LogP contribution in [0.15, 0.2) is 34.9 Å². The number of carbonyl (C=O) groups excluding carboxylic acids is 1. The van der Waals surface area contributed by atoms with Crippen LogP contribution in [0.2, 0.25) is 0 Å². The Morgan fingerprint density at radius 1 is 1.29 bits per heavy atom. The van der Waals surface area contributed by atoms with Crippen LogP contribution in [0.25, 0.3) is 0 Å². The van der Waals surface area contributed by atoms with E-state index in [4.69, 9.17) is 4.74 Å². The van der Waals surface area contributed by atoms with Crippen molar-refractivity contribution in [2.45, 2.75) is 46.5 Å². The topological polar surface area (TPSA) is 26.3 Å². The van der Waals surface area contributed by atoms with Crippen molar-refractivity contribution >= 4 is 5.97 Å². The van der Waals surface area contributed by atoms with E-state index in [1.165, 1.54) is 24.0 Å². The molecule has 0 aliphatic heterocycles. The summed E-state index contributed by atoms with van der Waals surface area (Å²) in [5, 5.41) is 0. The van der Waals surface area contributed by atoms with Crippen LogP contribution in [0, 0.1) is 0 Å². The molecule has 0 saturated heterocycles. The average Bonchev–Trinajstić information content (AvgIpc) is 2.29. The van der Waals surface area contributed by atoms with Gasteiger partial charge < -0.3 is 4.74 Å². The average molecular weight is 234 g/mol. The summed E-state index contributed by atoms with van der Waals surface area (Å²) in [5.41, 5.74) is 3.77. The Balaban J connectivity index is 2.75. The molecule has 17 heavy (non-hydrogen) atoms. The molecular weight excluding hydrogens is 212 g/mol. The fourth-order valence-corrected chi connectivity index (χ4v) is 2.13. The first-order valence-corrected chi connectivity index (χ1v) is 6.38. The van der Waals surface area contributed by atoms with E-state index in [1.807, 2.05) is 13.8 Å². The lowest BCUT2D eigenvalue weighted by molar-refractivity contribution is -0.137. The van der Waals surface area contributed by atoms with Gasteiger partial charge in [0.05, 0.1) is 6.61 Å². The van der Waals surface area contributed by atoms with Gasteiger partial charge in [0, 0.05) is 6.08 Å². The van der Waals surface area contributed by atoms with Crippen molar-refractivity contribution in [2.75, 3.05) is 6.61 Å². The van der Waals surface area contributed by atoms with Crippen LogP contribution in [0.5, 0.6) is 0 Å². The third-order valence-electron chi connectivity index (χ3n) is 2.94. The van der Waals surface area contributed by atoms with Crippen LogP contribution in [0.1, 0.15) is 46.5 Å². The summed E-state index contributed by atoms with van der Waals surface area (Å²) in [6, 6.07) is 0. The Bertz CT molecular complexity index is 359. The first kappa shape index (κ1) is 13.8. The fraction of sp³-hybridized carbons (Fsp3) is 0.533. The monoisotopic (exact) mass is 234 g/mol. The van der Waals surface area contributed by atoms with Crippen LogP contribution < -0.4 is 0 Å². The lowest BCUT2D eigenvalue weighted by atomic mass is 9.88. The molecule has 2 nitrogen and oxygen atoms in total. The molecule has 1 rings (SSSR count). The second-order valence-electron chi connectivity index (χ2n) is 4.33. The summed E-state index contributed by atoms with van der Waals surface area (Å²) in [5.74, 6) is -0.250. The molecule has 0 unspecified atom stereocenters. The van der Waals surface area contributed by atoms with Crippen LogP contribution in [0.4, 0.5) is 0 Å². The lowest BCUT2D eigenvalue weighted by Crippen LogP contribution is -2.01. The van der Waals surface area contributed by atoms with Crippen molar-refractivity contribution in [3.8, 4) is 0 Å². The minimum absolute atomic E-state index is 0.250. The molecule has 1 aliphatic rings. The molecule has 94 valence electrons. The Kier molecular flexibility index (Phi) is 5.75. The van der Waals surface area contributed by atoms with Crippen LogP contribution in [0.3, 0.4) is 0 Å². The highest BCUT2D eigenvalue weighted by molar-refractivity contribution is 5.83. The number of hydrogen-bond acceptors (Lipinski definition) is 2. The molecule has 0 spiro atoms. The second-order valence-corrected chi connectivity index (χ2v) is 4.33. The molecule has 0 aromatic rings. The van der Waals surface area contributed by atoms with Gasteiger partial charge in [-0.25, -0.2) is 4.79 Å². The number of carbonyl (C=O) groups is 1. The maximum atomic E-state index is 11.3. The van der Waals surface area contributed by atoms with E-state index in [1.54, 1.807) is 6.08 Å². The van der Waals surface area contributed by atoms with E-state index < -0.39 is 0 Å². The molecule has 0 radical (unpaired) electrons. The zero-order chi connectivity index (χ0) is 12.7. The minimum Gasteiger partial charge on any atom is -0.463 e. The Morgan fingerprint density at radius 3 is 2.53 bits per heavy atom. The molecule has 0 bridgehead atoms. The Labute approximate surface area is 104 Å². The standard InChI is InChI=1S/C15H22O2/c1-4-13-8-6-7-9-14(13)10-12(3)11-15(16)17-5-2/h4,10-11H,5-9H2,1-3H3/b12-11+,13-4-,14-10+. The largest absolute Gasteiger partial charge is 0.463 e. The molecule has 0 aromatic carbocycles. The summed E-state index contributed by atoms with van der Waals surface area (Å²) >= 11 is 0. The smallest absolute Gasteiger partial charge is 0.330 e. The van der Waals surface area contributed by atoms with Crippen molar-refractivity contribution < 1.29 is 9.53 Å². The maximum absolute atomic E-state index is 11.3. The van der Waals surface area contributed by atoms with Crippen molar-refractivity contribution in [2.24, 2.45) is 0 Å². The van der Waals surface area contributed by atoms with Gasteiger partial charge in [-0.3, -0.25) is 0 Å². The molecule has 0 atom stereocenters.